The van der Waals surface area contributed by atoms with E-state index >= 15 is 0 Å². The molecule has 0 bridgehead atoms. The molecule has 4 rings (SSSR count). The highest BCUT2D eigenvalue weighted by Gasteiger charge is 2.18. The van der Waals surface area contributed by atoms with Gasteiger partial charge in [-0.25, -0.2) is 14.4 Å². The summed E-state index contributed by atoms with van der Waals surface area (Å²) in [5, 5.41) is 9.11. The van der Waals surface area contributed by atoms with E-state index in [1.807, 2.05) is 0 Å². The Morgan fingerprint density at radius 3 is 2.80 bits per heavy atom. The zero-order chi connectivity index (χ0) is 24.9. The van der Waals surface area contributed by atoms with Crippen molar-refractivity contribution in [3.05, 3.63) is 100.0 Å². The number of pyridine rings is 2. The van der Waals surface area contributed by atoms with Crippen LogP contribution in [0, 0.1) is 5.82 Å². The van der Waals surface area contributed by atoms with Gasteiger partial charge in [0.05, 0.1) is 11.9 Å². The number of ether oxygens (including phenoxy) is 1. The molecule has 9 nitrogen and oxygen atoms in total. The molecule has 0 fully saturated rings. The molecule has 4 aromatic rings. The second kappa shape index (κ2) is 10.1. The van der Waals surface area contributed by atoms with E-state index in [0.29, 0.717) is 23.2 Å². The highest BCUT2D eigenvalue weighted by atomic mass is 35.5. The summed E-state index contributed by atoms with van der Waals surface area (Å²) in [6.07, 6.45) is 6.08. The first-order valence-corrected chi connectivity index (χ1v) is 10.6. The number of nitrogens with one attached hydrogen (secondary N) is 2. The molecule has 0 unspecified atom stereocenters. The molecule has 11 heteroatoms. The summed E-state index contributed by atoms with van der Waals surface area (Å²) >= 11 is 6.06. The number of carbonyl (C=O) groups is 1. The number of nitrogens with zero attached hydrogens (tertiary/aromatic N) is 3. The molecule has 1 aromatic carbocycles. The van der Waals surface area contributed by atoms with Gasteiger partial charge in [0.15, 0.2) is 11.4 Å². The lowest BCUT2D eigenvalue weighted by molar-refractivity contribution is 0.102. The van der Waals surface area contributed by atoms with Crippen molar-refractivity contribution in [1.29, 1.82) is 0 Å². The molecule has 0 aliphatic rings. The summed E-state index contributed by atoms with van der Waals surface area (Å²) < 4.78 is 19.3. The van der Waals surface area contributed by atoms with E-state index in [2.05, 4.69) is 32.1 Å². The average molecular weight is 493 g/mol. The number of rotatable bonds is 7. The van der Waals surface area contributed by atoms with Gasteiger partial charge in [0, 0.05) is 30.1 Å². The van der Waals surface area contributed by atoms with Crippen molar-refractivity contribution in [2.24, 2.45) is 0 Å². The van der Waals surface area contributed by atoms with Crippen molar-refractivity contribution < 1.29 is 13.9 Å². The van der Waals surface area contributed by atoms with Gasteiger partial charge in [-0.3, -0.25) is 14.7 Å². The van der Waals surface area contributed by atoms with Crippen LogP contribution in [-0.2, 0) is 6.42 Å². The van der Waals surface area contributed by atoms with E-state index in [4.69, 9.17) is 22.1 Å². The molecular formula is C24H18ClFN6O3. The third kappa shape index (κ3) is 5.17. The van der Waals surface area contributed by atoms with Crippen molar-refractivity contribution >= 4 is 29.0 Å². The van der Waals surface area contributed by atoms with Gasteiger partial charge in [-0.2, -0.15) is 5.10 Å². The lowest BCUT2D eigenvalue weighted by Gasteiger charge is -2.10. The van der Waals surface area contributed by atoms with Crippen LogP contribution in [0.1, 0.15) is 16.1 Å². The third-order valence-corrected chi connectivity index (χ3v) is 5.25. The molecule has 3 heterocycles. The van der Waals surface area contributed by atoms with Crippen LogP contribution in [0.25, 0.3) is 11.1 Å². The Labute approximate surface area is 203 Å². The maximum absolute atomic E-state index is 13.7. The number of allylic oxidation sites excluding steroid dienone is 1. The van der Waals surface area contributed by atoms with Gasteiger partial charge in [0.1, 0.15) is 16.7 Å². The van der Waals surface area contributed by atoms with E-state index in [9.17, 15) is 14.0 Å². The maximum atomic E-state index is 13.7. The highest BCUT2D eigenvalue weighted by molar-refractivity contribution is 6.34. The fourth-order valence-corrected chi connectivity index (χ4v) is 3.40. The molecule has 176 valence electrons. The number of benzene rings is 1. The molecular weight excluding hydrogens is 475 g/mol. The lowest BCUT2D eigenvalue weighted by Crippen LogP contribution is -2.25. The van der Waals surface area contributed by atoms with E-state index in [1.165, 1.54) is 55.0 Å². The van der Waals surface area contributed by atoms with Crippen molar-refractivity contribution in [1.82, 2.24) is 20.2 Å². The first-order chi connectivity index (χ1) is 16.9. The second-order valence-corrected chi connectivity index (χ2v) is 7.60. The SMILES string of the molecule is C=CCc1cc(F)ccc1-c1c[nH]nc(C(=O)Nc2ccc(Oc3ccnc(N)c3Cl)nc2)c1=O. The van der Waals surface area contributed by atoms with Crippen LogP contribution in [-0.4, -0.2) is 26.1 Å². The van der Waals surface area contributed by atoms with Crippen LogP contribution in [0.4, 0.5) is 15.9 Å². The number of aromatic nitrogens is 4. The summed E-state index contributed by atoms with van der Waals surface area (Å²) in [6, 6.07) is 8.59. The summed E-state index contributed by atoms with van der Waals surface area (Å²) in [5.74, 6) is -0.609. The number of carbonyl (C=O) groups excluding carboxylic acids is 1. The summed E-state index contributed by atoms with van der Waals surface area (Å²) in [4.78, 5) is 33.8. The Morgan fingerprint density at radius 1 is 1.23 bits per heavy atom. The van der Waals surface area contributed by atoms with Gasteiger partial charge in [0.2, 0.25) is 11.3 Å². The molecule has 0 aliphatic carbocycles. The predicted molar refractivity (Wildman–Crippen MR) is 130 cm³/mol. The molecule has 0 atom stereocenters. The minimum atomic E-state index is -0.749. The fourth-order valence-electron chi connectivity index (χ4n) is 3.25. The largest absolute Gasteiger partial charge is 0.437 e. The molecule has 4 N–H and O–H groups in total. The second-order valence-electron chi connectivity index (χ2n) is 7.22. The summed E-state index contributed by atoms with van der Waals surface area (Å²) in [6.45, 7) is 3.66. The molecule has 0 saturated carbocycles. The maximum Gasteiger partial charge on any atom is 0.280 e. The van der Waals surface area contributed by atoms with Gasteiger partial charge < -0.3 is 15.8 Å². The Morgan fingerprint density at radius 2 is 2.06 bits per heavy atom. The molecule has 0 saturated heterocycles. The van der Waals surface area contributed by atoms with Crippen molar-refractivity contribution in [3.63, 3.8) is 0 Å². The predicted octanol–water partition coefficient (Wildman–Crippen LogP) is 4.37. The van der Waals surface area contributed by atoms with Gasteiger partial charge in [-0.1, -0.05) is 23.7 Å². The first-order valence-electron chi connectivity index (χ1n) is 10.2. The number of nitrogens with two attached hydrogens (primary N) is 1. The quantitative estimate of drug-likeness (QED) is 0.326. The van der Waals surface area contributed by atoms with Crippen LogP contribution < -0.4 is 21.2 Å². The number of hydrogen-bond donors (Lipinski definition) is 3. The molecule has 0 aliphatic heterocycles. The number of hydrogen-bond acceptors (Lipinski definition) is 7. The van der Waals surface area contributed by atoms with Gasteiger partial charge >= 0.3 is 0 Å². The molecule has 35 heavy (non-hydrogen) atoms. The van der Waals surface area contributed by atoms with Crippen LogP contribution in [0.15, 0.2) is 72.4 Å². The fraction of sp³-hybridized carbons (Fsp3) is 0.0417. The molecule has 1 amide bonds. The minimum absolute atomic E-state index is 0.116. The zero-order valence-electron chi connectivity index (χ0n) is 18.1. The van der Waals surface area contributed by atoms with Crippen molar-refractivity contribution in [2.45, 2.75) is 6.42 Å². The minimum Gasteiger partial charge on any atom is -0.437 e. The highest BCUT2D eigenvalue weighted by Crippen LogP contribution is 2.31. The number of amides is 1. The summed E-state index contributed by atoms with van der Waals surface area (Å²) in [7, 11) is 0. The Kier molecular flexibility index (Phi) is 6.83. The van der Waals surface area contributed by atoms with Gasteiger partial charge in [-0.15, -0.1) is 6.58 Å². The van der Waals surface area contributed by atoms with Crippen LogP contribution in [0.2, 0.25) is 5.02 Å². The summed E-state index contributed by atoms with van der Waals surface area (Å²) in [5.41, 5.74) is 6.17. The van der Waals surface area contributed by atoms with Crippen molar-refractivity contribution in [2.75, 3.05) is 11.1 Å². The zero-order valence-corrected chi connectivity index (χ0v) is 18.8. The van der Waals surface area contributed by atoms with Gasteiger partial charge in [-0.05, 0) is 35.7 Å². The van der Waals surface area contributed by atoms with E-state index in [1.54, 1.807) is 6.08 Å². The monoisotopic (exact) mass is 492 g/mol. The average Bonchev–Trinajstić information content (AvgIpc) is 2.84. The molecule has 0 spiro atoms. The lowest BCUT2D eigenvalue weighted by atomic mass is 9.98. The number of halogens is 2. The number of nitrogen functional groups attached to an aromatic ring is 1. The Bertz CT molecular complexity index is 1470. The topological polar surface area (TPSA) is 136 Å². The Balaban J connectivity index is 1.55. The molecule has 3 aromatic heterocycles. The van der Waals surface area contributed by atoms with E-state index in [0.717, 1.165) is 0 Å². The van der Waals surface area contributed by atoms with Crippen LogP contribution >= 0.6 is 11.6 Å². The van der Waals surface area contributed by atoms with E-state index < -0.39 is 17.2 Å². The third-order valence-electron chi connectivity index (χ3n) is 4.87. The van der Waals surface area contributed by atoms with E-state index in [-0.39, 0.29) is 33.7 Å². The van der Waals surface area contributed by atoms with Crippen molar-refractivity contribution in [3.8, 4) is 22.8 Å². The van der Waals surface area contributed by atoms with Gasteiger partial charge in [0.25, 0.3) is 5.91 Å². The molecule has 0 radical (unpaired) electrons. The van der Waals surface area contributed by atoms with Crippen LogP contribution in [0.5, 0.6) is 11.6 Å². The number of aromatic amines is 1. The Hall–Kier alpha value is -4.57. The smallest absolute Gasteiger partial charge is 0.280 e. The number of H-pyrrole nitrogens is 1. The normalized spacial score (nSPS) is 10.6. The number of anilines is 2. The standard InChI is InChI=1S/C24H18ClFN6O3/c1-2-3-13-10-14(26)4-6-16(13)17-12-30-32-21(22(17)33)24(34)31-15-5-7-19(29-11-15)35-18-8-9-28-23(27)20(18)25/h2,4-12H,1,3H2,(H2,27,28)(H,30,33)(H,31,34). The first kappa shape index (κ1) is 23.6. The van der Waals surface area contributed by atoms with Crippen LogP contribution in [0.3, 0.4) is 0 Å².